The molecule has 0 aromatic carbocycles. The third-order valence-corrected chi connectivity index (χ3v) is 2.08. The van der Waals surface area contributed by atoms with Gasteiger partial charge in [0.15, 0.2) is 0 Å². The van der Waals surface area contributed by atoms with Crippen molar-refractivity contribution in [2.75, 3.05) is 7.11 Å². The van der Waals surface area contributed by atoms with Gasteiger partial charge in [-0.05, 0) is 25.7 Å². The molecular weight excluding hydrogens is 154 g/mol. The van der Waals surface area contributed by atoms with Crippen LogP contribution in [0.2, 0.25) is 0 Å². The zero-order valence-electron chi connectivity index (χ0n) is 7.36. The maximum absolute atomic E-state index is 8.68. The summed E-state index contributed by atoms with van der Waals surface area (Å²) in [6, 6.07) is 0. The molecule has 0 aliphatic heterocycles. The van der Waals surface area contributed by atoms with Crippen molar-refractivity contribution in [2.45, 2.75) is 31.8 Å². The van der Waals surface area contributed by atoms with Gasteiger partial charge in [-0.3, -0.25) is 0 Å². The van der Waals surface area contributed by atoms with Crippen LogP contribution in [0.5, 0.6) is 0 Å². The van der Waals surface area contributed by atoms with Gasteiger partial charge in [-0.2, -0.15) is 0 Å². The van der Waals surface area contributed by atoms with Crippen LogP contribution in [0.25, 0.3) is 0 Å². The quantitative estimate of drug-likeness (QED) is 0.370. The zero-order valence-corrected chi connectivity index (χ0v) is 7.36. The lowest BCUT2D eigenvalue weighted by Crippen LogP contribution is -2.21. The highest BCUT2D eigenvalue weighted by atomic mass is 16.5. The maximum atomic E-state index is 8.68. The number of methoxy groups -OCH3 is 1. The molecular formula is C9H15NO2. The third kappa shape index (κ3) is 2.34. The van der Waals surface area contributed by atoms with Gasteiger partial charge in [-0.1, -0.05) is 17.3 Å². The Morgan fingerprint density at radius 3 is 3.08 bits per heavy atom. The number of nitrogens with zero attached hydrogens (tertiary/aromatic N) is 1. The molecule has 0 aromatic rings. The molecule has 0 saturated heterocycles. The standard InChI is InChI=1S/C9H15NO2/c1-12-9-7-5-3-2-4-6-8(9)10-11/h5,7,9,11H,2-4,6H2,1H3. The number of hydrogen-bond donors (Lipinski definition) is 1. The van der Waals surface area contributed by atoms with Crippen LogP contribution in [0.4, 0.5) is 0 Å². The molecule has 1 N–H and O–H groups in total. The molecule has 0 fully saturated rings. The van der Waals surface area contributed by atoms with Crippen molar-refractivity contribution in [1.82, 2.24) is 0 Å². The lowest BCUT2D eigenvalue weighted by Gasteiger charge is -2.14. The summed E-state index contributed by atoms with van der Waals surface area (Å²) >= 11 is 0. The molecule has 0 amide bonds. The van der Waals surface area contributed by atoms with Gasteiger partial charge in [-0.25, -0.2) is 0 Å². The van der Waals surface area contributed by atoms with Crippen molar-refractivity contribution >= 4 is 5.71 Å². The van der Waals surface area contributed by atoms with E-state index in [2.05, 4.69) is 11.2 Å². The van der Waals surface area contributed by atoms with Crippen molar-refractivity contribution < 1.29 is 9.94 Å². The molecule has 1 aliphatic rings. The molecule has 3 heteroatoms. The first-order chi connectivity index (χ1) is 5.88. The van der Waals surface area contributed by atoms with Crippen LogP contribution < -0.4 is 0 Å². The molecule has 1 rings (SSSR count). The third-order valence-electron chi connectivity index (χ3n) is 2.08. The normalized spacial score (nSPS) is 28.4. The van der Waals surface area contributed by atoms with Crippen molar-refractivity contribution in [3.05, 3.63) is 12.2 Å². The van der Waals surface area contributed by atoms with Crippen LogP contribution in [0.1, 0.15) is 25.7 Å². The van der Waals surface area contributed by atoms with Gasteiger partial charge in [0.05, 0.1) is 5.71 Å². The van der Waals surface area contributed by atoms with E-state index in [0.29, 0.717) is 0 Å². The molecule has 1 atom stereocenters. The van der Waals surface area contributed by atoms with Crippen molar-refractivity contribution in [1.29, 1.82) is 0 Å². The Bertz CT molecular complexity index is 187. The Morgan fingerprint density at radius 2 is 2.42 bits per heavy atom. The van der Waals surface area contributed by atoms with E-state index in [1.54, 1.807) is 7.11 Å². The smallest absolute Gasteiger partial charge is 0.117 e. The van der Waals surface area contributed by atoms with E-state index in [0.717, 1.165) is 31.4 Å². The first-order valence-electron chi connectivity index (χ1n) is 4.28. The van der Waals surface area contributed by atoms with E-state index in [9.17, 15) is 0 Å². The van der Waals surface area contributed by atoms with Gasteiger partial charge >= 0.3 is 0 Å². The second-order valence-corrected chi connectivity index (χ2v) is 2.92. The maximum Gasteiger partial charge on any atom is 0.117 e. The molecule has 68 valence electrons. The summed E-state index contributed by atoms with van der Waals surface area (Å²) in [7, 11) is 1.63. The molecule has 0 spiro atoms. The molecule has 0 bridgehead atoms. The summed E-state index contributed by atoms with van der Waals surface area (Å²) in [4.78, 5) is 0. The van der Waals surface area contributed by atoms with Crippen LogP contribution in [0.3, 0.4) is 0 Å². The predicted molar refractivity (Wildman–Crippen MR) is 47.6 cm³/mol. The number of rotatable bonds is 1. The molecule has 0 heterocycles. The van der Waals surface area contributed by atoms with E-state index in [4.69, 9.17) is 9.94 Å². The van der Waals surface area contributed by atoms with E-state index >= 15 is 0 Å². The number of allylic oxidation sites excluding steroid dienone is 1. The molecule has 1 unspecified atom stereocenters. The first kappa shape index (κ1) is 9.26. The van der Waals surface area contributed by atoms with Gasteiger partial charge in [0.25, 0.3) is 0 Å². The summed E-state index contributed by atoms with van der Waals surface area (Å²) < 4.78 is 5.15. The topological polar surface area (TPSA) is 41.8 Å². The second kappa shape index (κ2) is 4.93. The first-order valence-corrected chi connectivity index (χ1v) is 4.28. The van der Waals surface area contributed by atoms with E-state index in [1.165, 1.54) is 0 Å². The average molecular weight is 169 g/mol. The zero-order chi connectivity index (χ0) is 8.81. The lowest BCUT2D eigenvalue weighted by molar-refractivity contribution is 0.182. The monoisotopic (exact) mass is 169 g/mol. The minimum atomic E-state index is -0.129. The summed E-state index contributed by atoms with van der Waals surface area (Å²) in [5.41, 5.74) is 0.730. The van der Waals surface area contributed by atoms with Gasteiger partial charge in [0.1, 0.15) is 6.10 Å². The van der Waals surface area contributed by atoms with Crippen LogP contribution >= 0.6 is 0 Å². The summed E-state index contributed by atoms with van der Waals surface area (Å²) in [5, 5.41) is 11.9. The molecule has 0 aromatic heterocycles. The van der Waals surface area contributed by atoms with Gasteiger partial charge in [0.2, 0.25) is 0 Å². The number of hydrogen-bond acceptors (Lipinski definition) is 3. The number of ether oxygens (including phenoxy) is 1. The van der Waals surface area contributed by atoms with Crippen LogP contribution in [0.15, 0.2) is 17.3 Å². The lowest BCUT2D eigenvalue weighted by atomic mass is 10.0. The van der Waals surface area contributed by atoms with E-state index in [1.807, 2.05) is 6.08 Å². The van der Waals surface area contributed by atoms with Gasteiger partial charge in [0, 0.05) is 7.11 Å². The van der Waals surface area contributed by atoms with Gasteiger partial charge < -0.3 is 9.94 Å². The summed E-state index contributed by atoms with van der Waals surface area (Å²) in [6.45, 7) is 0. The van der Waals surface area contributed by atoms with Crippen molar-refractivity contribution in [2.24, 2.45) is 5.16 Å². The van der Waals surface area contributed by atoms with Crippen LogP contribution in [-0.2, 0) is 4.74 Å². The Labute approximate surface area is 72.7 Å². The average Bonchev–Trinajstić information content (AvgIpc) is 2.05. The Kier molecular flexibility index (Phi) is 3.80. The Morgan fingerprint density at radius 1 is 1.58 bits per heavy atom. The Balaban J connectivity index is 2.67. The fraction of sp³-hybridized carbons (Fsp3) is 0.667. The molecule has 0 saturated carbocycles. The second-order valence-electron chi connectivity index (χ2n) is 2.92. The van der Waals surface area contributed by atoms with Gasteiger partial charge in [-0.15, -0.1) is 0 Å². The summed E-state index contributed by atoms with van der Waals surface area (Å²) in [5.74, 6) is 0. The highest BCUT2D eigenvalue weighted by molar-refractivity contribution is 5.89. The fourth-order valence-corrected chi connectivity index (χ4v) is 1.36. The minimum absolute atomic E-state index is 0.129. The van der Waals surface area contributed by atoms with Crippen molar-refractivity contribution in [3.63, 3.8) is 0 Å². The number of oxime groups is 1. The highest BCUT2D eigenvalue weighted by Gasteiger charge is 2.13. The van der Waals surface area contributed by atoms with Crippen LogP contribution in [0, 0.1) is 0 Å². The van der Waals surface area contributed by atoms with E-state index < -0.39 is 0 Å². The molecule has 1 aliphatic carbocycles. The van der Waals surface area contributed by atoms with Crippen LogP contribution in [-0.4, -0.2) is 24.1 Å². The largest absolute Gasteiger partial charge is 0.411 e. The molecule has 12 heavy (non-hydrogen) atoms. The SMILES string of the molecule is COC1C=CCCCCC1=NO. The Hall–Kier alpha value is -0.830. The summed E-state index contributed by atoms with van der Waals surface area (Å²) in [6.07, 6.45) is 8.07. The fourth-order valence-electron chi connectivity index (χ4n) is 1.36. The highest BCUT2D eigenvalue weighted by Crippen LogP contribution is 2.11. The minimum Gasteiger partial charge on any atom is -0.411 e. The van der Waals surface area contributed by atoms with Crippen molar-refractivity contribution in [3.8, 4) is 0 Å². The molecule has 0 radical (unpaired) electrons. The molecule has 3 nitrogen and oxygen atoms in total. The van der Waals surface area contributed by atoms with E-state index in [-0.39, 0.29) is 6.10 Å². The predicted octanol–water partition coefficient (Wildman–Crippen LogP) is 1.96.